The number of aliphatic hydroxyl groups is 1. The number of amides is 4. The Morgan fingerprint density at radius 1 is 1.09 bits per heavy atom. The fraction of sp³-hybridized carbons (Fsp3) is 0.333. The molecule has 0 radical (unpaired) electrons. The third-order valence-electron chi connectivity index (χ3n) is 7.06. The van der Waals surface area contributed by atoms with Crippen LogP contribution in [0.25, 0.3) is 10.9 Å². The molecule has 0 saturated carbocycles. The maximum atomic E-state index is 13.1. The standard InChI is InChI=1S/C30H36N8O6/c31-29(32)38-14-6-11-24(28(38)42)36-25(39)17-35-27(41)23(37-30(43)44-18-19-7-2-1-3-8-19)12-13-33-26(40)21-15-20-9-4-5-10-22(20)34-16-21/h1-5,7-10,15-16,23-24,28,42H,6,11-14,17-18H2,(H3,31,32)(H,33,40)(H,35,41)(H,36,39)(H,37,43)/t23-,24+,28?/m1/s1. The van der Waals surface area contributed by atoms with Gasteiger partial charge in [0.15, 0.2) is 5.96 Å². The number of nitrogens with zero attached hydrogens (tertiary/aromatic N) is 2. The molecule has 0 spiro atoms. The van der Waals surface area contributed by atoms with Gasteiger partial charge in [-0.05, 0) is 37.0 Å². The minimum absolute atomic E-state index is 0.00441. The van der Waals surface area contributed by atoms with Crippen molar-refractivity contribution in [1.29, 1.82) is 5.41 Å². The summed E-state index contributed by atoms with van der Waals surface area (Å²) in [5.74, 6) is -1.95. The lowest BCUT2D eigenvalue weighted by molar-refractivity contribution is -0.128. The van der Waals surface area contributed by atoms with Crippen molar-refractivity contribution in [2.75, 3.05) is 19.6 Å². The van der Waals surface area contributed by atoms with E-state index in [4.69, 9.17) is 15.9 Å². The number of rotatable bonds is 11. The van der Waals surface area contributed by atoms with Gasteiger partial charge < -0.3 is 41.7 Å². The minimum atomic E-state index is -1.17. The molecule has 0 aliphatic carbocycles. The Morgan fingerprint density at radius 3 is 2.61 bits per heavy atom. The number of fused-ring (bicyclic) bond motifs is 1. The first-order chi connectivity index (χ1) is 21.2. The molecule has 0 bridgehead atoms. The van der Waals surface area contributed by atoms with Gasteiger partial charge in [0, 0.05) is 24.7 Å². The summed E-state index contributed by atoms with van der Waals surface area (Å²) in [6.07, 6.45) is 0.503. The molecule has 1 aliphatic rings. The third kappa shape index (κ3) is 8.88. The van der Waals surface area contributed by atoms with Gasteiger partial charge in [-0.3, -0.25) is 24.8 Å². The molecule has 2 aromatic carbocycles. The molecule has 232 valence electrons. The maximum Gasteiger partial charge on any atom is 0.408 e. The molecule has 8 N–H and O–H groups in total. The van der Waals surface area contributed by atoms with E-state index in [1.165, 1.54) is 11.1 Å². The van der Waals surface area contributed by atoms with Crippen LogP contribution in [0.2, 0.25) is 0 Å². The number of aliphatic hydroxyl groups excluding tert-OH is 1. The van der Waals surface area contributed by atoms with Crippen molar-refractivity contribution >= 4 is 40.7 Å². The smallest absolute Gasteiger partial charge is 0.408 e. The Labute approximate surface area is 253 Å². The largest absolute Gasteiger partial charge is 0.445 e. The highest BCUT2D eigenvalue weighted by Gasteiger charge is 2.32. The summed E-state index contributed by atoms with van der Waals surface area (Å²) >= 11 is 0. The Hall–Kier alpha value is -5.24. The number of nitrogens with two attached hydrogens (primary N) is 1. The van der Waals surface area contributed by atoms with Crippen molar-refractivity contribution in [2.24, 2.45) is 5.73 Å². The van der Waals surface area contributed by atoms with Crippen LogP contribution in [0.5, 0.6) is 0 Å². The summed E-state index contributed by atoms with van der Waals surface area (Å²) in [6.45, 7) is -0.0457. The molecule has 1 unspecified atom stereocenters. The van der Waals surface area contributed by atoms with E-state index in [1.54, 1.807) is 30.3 Å². The van der Waals surface area contributed by atoms with Crippen LogP contribution in [0.15, 0.2) is 66.9 Å². The minimum Gasteiger partial charge on any atom is -0.445 e. The zero-order valence-corrected chi connectivity index (χ0v) is 24.0. The van der Waals surface area contributed by atoms with Crippen molar-refractivity contribution in [1.82, 2.24) is 31.2 Å². The van der Waals surface area contributed by atoms with Crippen LogP contribution < -0.4 is 27.0 Å². The molecule has 14 nitrogen and oxygen atoms in total. The van der Waals surface area contributed by atoms with Crippen LogP contribution in [-0.4, -0.2) is 82.7 Å². The Bertz CT molecular complexity index is 1490. The van der Waals surface area contributed by atoms with E-state index in [9.17, 15) is 24.3 Å². The van der Waals surface area contributed by atoms with Crippen LogP contribution in [0.3, 0.4) is 0 Å². The van der Waals surface area contributed by atoms with Gasteiger partial charge in [0.1, 0.15) is 18.9 Å². The Kier molecular flexibility index (Phi) is 11.0. The van der Waals surface area contributed by atoms with E-state index in [-0.39, 0.29) is 25.5 Å². The summed E-state index contributed by atoms with van der Waals surface area (Å²) in [6, 6.07) is 16.3. The van der Waals surface area contributed by atoms with Gasteiger partial charge >= 0.3 is 6.09 Å². The predicted molar refractivity (Wildman–Crippen MR) is 161 cm³/mol. The van der Waals surface area contributed by atoms with E-state index >= 15 is 0 Å². The van der Waals surface area contributed by atoms with Gasteiger partial charge in [-0.25, -0.2) is 4.79 Å². The van der Waals surface area contributed by atoms with E-state index in [0.29, 0.717) is 24.9 Å². The fourth-order valence-electron chi connectivity index (χ4n) is 4.74. The zero-order valence-electron chi connectivity index (χ0n) is 24.0. The first kappa shape index (κ1) is 31.7. The molecular weight excluding hydrogens is 568 g/mol. The molecule has 14 heteroatoms. The van der Waals surface area contributed by atoms with Gasteiger partial charge in [0.05, 0.1) is 23.7 Å². The zero-order chi connectivity index (χ0) is 31.5. The van der Waals surface area contributed by atoms with Crippen LogP contribution >= 0.6 is 0 Å². The van der Waals surface area contributed by atoms with Gasteiger partial charge in [-0.1, -0.05) is 48.5 Å². The molecule has 4 rings (SSSR count). The SMILES string of the molecule is N=C(N)N1CCC[C@H](NC(=O)CNC(=O)[C@@H](CCNC(=O)c2cnc3ccccc3c2)NC(=O)OCc2ccccc2)C1O. The number of alkyl carbamates (subject to hydrolysis) is 1. The maximum absolute atomic E-state index is 13.1. The second-order valence-electron chi connectivity index (χ2n) is 10.2. The lowest BCUT2D eigenvalue weighted by Crippen LogP contribution is -2.59. The number of para-hydroxylation sites is 1. The highest BCUT2D eigenvalue weighted by molar-refractivity contribution is 5.97. The normalized spacial score (nSPS) is 16.8. The van der Waals surface area contributed by atoms with Crippen LogP contribution in [0, 0.1) is 5.41 Å². The molecule has 1 aromatic heterocycles. The number of likely N-dealkylation sites (tertiary alicyclic amines) is 1. The van der Waals surface area contributed by atoms with Crippen LogP contribution in [0.1, 0.15) is 35.2 Å². The van der Waals surface area contributed by atoms with Crippen molar-refractivity contribution in [3.8, 4) is 0 Å². The molecule has 1 aliphatic heterocycles. The van der Waals surface area contributed by atoms with E-state index in [2.05, 4.69) is 26.3 Å². The summed E-state index contributed by atoms with van der Waals surface area (Å²) in [5, 5.41) is 29.2. The van der Waals surface area contributed by atoms with Gasteiger partial charge in [-0.2, -0.15) is 0 Å². The number of pyridine rings is 1. The molecule has 1 saturated heterocycles. The number of ether oxygens (including phenoxy) is 1. The van der Waals surface area contributed by atoms with Gasteiger partial charge in [0.2, 0.25) is 11.8 Å². The second kappa shape index (κ2) is 15.3. The number of carbonyl (C=O) groups is 4. The van der Waals surface area contributed by atoms with Crippen molar-refractivity contribution in [3.63, 3.8) is 0 Å². The third-order valence-corrected chi connectivity index (χ3v) is 7.06. The van der Waals surface area contributed by atoms with Crippen molar-refractivity contribution < 1.29 is 29.0 Å². The highest BCUT2D eigenvalue weighted by atomic mass is 16.5. The number of guanidine groups is 1. The van der Waals surface area contributed by atoms with E-state index in [1.807, 2.05) is 30.3 Å². The first-order valence-electron chi connectivity index (χ1n) is 14.2. The summed E-state index contributed by atoms with van der Waals surface area (Å²) in [4.78, 5) is 56.5. The van der Waals surface area contributed by atoms with Gasteiger partial charge in [0.25, 0.3) is 5.91 Å². The fourth-order valence-corrected chi connectivity index (χ4v) is 4.74. The average Bonchev–Trinajstić information content (AvgIpc) is 3.03. The highest BCUT2D eigenvalue weighted by Crippen LogP contribution is 2.15. The lowest BCUT2D eigenvalue weighted by Gasteiger charge is -2.38. The molecule has 3 aromatic rings. The number of benzene rings is 2. The molecule has 4 amide bonds. The number of hydrogen-bond acceptors (Lipinski definition) is 8. The van der Waals surface area contributed by atoms with Gasteiger partial charge in [-0.15, -0.1) is 0 Å². The van der Waals surface area contributed by atoms with E-state index in [0.717, 1.165) is 16.5 Å². The number of aromatic nitrogens is 1. The predicted octanol–water partition coefficient (Wildman–Crippen LogP) is 0.558. The topological polar surface area (TPSA) is 212 Å². The molecule has 2 heterocycles. The second-order valence-corrected chi connectivity index (χ2v) is 10.2. The van der Waals surface area contributed by atoms with E-state index < -0.39 is 48.7 Å². The molecule has 1 fully saturated rings. The molecule has 44 heavy (non-hydrogen) atoms. The number of hydrogen-bond donors (Lipinski definition) is 7. The van der Waals surface area contributed by atoms with Crippen molar-refractivity contribution in [2.45, 2.75) is 44.2 Å². The quantitative estimate of drug-likeness (QED) is 0.120. The monoisotopic (exact) mass is 604 g/mol. The number of nitrogens with one attached hydrogen (secondary N) is 5. The molecular formula is C30H36N8O6. The average molecular weight is 605 g/mol. The molecule has 3 atom stereocenters. The van der Waals surface area contributed by atoms with Crippen molar-refractivity contribution in [3.05, 3.63) is 78.0 Å². The first-order valence-corrected chi connectivity index (χ1v) is 14.2. The summed E-state index contributed by atoms with van der Waals surface area (Å²) in [7, 11) is 0. The van der Waals surface area contributed by atoms with Crippen LogP contribution in [0.4, 0.5) is 4.79 Å². The lowest BCUT2D eigenvalue weighted by atomic mass is 10.0. The number of carbonyl (C=O) groups excluding carboxylic acids is 4. The summed E-state index contributed by atoms with van der Waals surface area (Å²) in [5.41, 5.74) is 7.34. The van der Waals surface area contributed by atoms with Crippen LogP contribution in [-0.2, 0) is 20.9 Å². The summed E-state index contributed by atoms with van der Waals surface area (Å²) < 4.78 is 5.25. The Balaban J connectivity index is 1.32. The number of piperidine rings is 1. The Morgan fingerprint density at radius 2 is 1.84 bits per heavy atom.